The van der Waals surface area contributed by atoms with Crippen LogP contribution in [0, 0.1) is 11.7 Å². The lowest BCUT2D eigenvalue weighted by molar-refractivity contribution is -0.139. The molecule has 0 aromatic heterocycles. The van der Waals surface area contributed by atoms with Gasteiger partial charge in [0.15, 0.2) is 0 Å². The van der Waals surface area contributed by atoms with E-state index in [1.807, 2.05) is 58.0 Å². The van der Waals surface area contributed by atoms with Gasteiger partial charge in [-0.2, -0.15) is 0 Å². The van der Waals surface area contributed by atoms with Gasteiger partial charge in [-0.05, 0) is 79.8 Å². The Morgan fingerprint density at radius 2 is 1.57 bits per heavy atom. The first kappa shape index (κ1) is 32.6. The maximum Gasteiger partial charge on any atom is 0.264 e. The second-order valence-electron chi connectivity index (χ2n) is 10.3. The Balaban J connectivity index is 2.00. The fraction of sp³-hybridized carbons (Fsp3) is 0.375. The maximum absolute atomic E-state index is 14.0. The van der Waals surface area contributed by atoms with E-state index in [0.29, 0.717) is 31.7 Å². The highest BCUT2D eigenvalue weighted by atomic mass is 32.2. The molecule has 42 heavy (non-hydrogen) atoms. The van der Waals surface area contributed by atoms with Gasteiger partial charge in [0.25, 0.3) is 10.0 Å². The number of halogens is 1. The normalized spacial score (nSPS) is 12.0. The minimum Gasteiger partial charge on any atom is -0.494 e. The van der Waals surface area contributed by atoms with Gasteiger partial charge < -0.3 is 15.0 Å². The highest BCUT2D eigenvalue weighted by molar-refractivity contribution is 7.92. The molecule has 0 aliphatic rings. The number of benzene rings is 3. The summed E-state index contributed by atoms with van der Waals surface area (Å²) in [5, 5.41) is 2.92. The molecule has 1 N–H and O–H groups in total. The van der Waals surface area contributed by atoms with Crippen LogP contribution >= 0.6 is 0 Å². The molecule has 1 atom stereocenters. The molecular formula is C32H40FN3O5S. The smallest absolute Gasteiger partial charge is 0.264 e. The third kappa shape index (κ3) is 8.79. The van der Waals surface area contributed by atoms with Crippen LogP contribution in [0.15, 0.2) is 83.8 Å². The standard InChI is InChI=1S/C32H40FN3O5S/c1-5-30(32(38)34-22-24(3)4)35(21-20-25-10-8-7-9-11-25)31(37)23-36(27-14-16-28(17-15-27)41-6-2)42(39,40)29-18-12-26(33)13-19-29/h7-19,24,30H,5-6,20-23H2,1-4H3,(H,34,38)/t30-/m0/s1. The highest BCUT2D eigenvalue weighted by Gasteiger charge is 2.33. The molecule has 8 nitrogen and oxygen atoms in total. The molecule has 0 spiro atoms. The molecule has 0 heterocycles. The van der Waals surface area contributed by atoms with Gasteiger partial charge >= 0.3 is 0 Å². The summed E-state index contributed by atoms with van der Waals surface area (Å²) in [5.41, 5.74) is 1.21. The van der Waals surface area contributed by atoms with E-state index >= 15 is 0 Å². The number of carbonyl (C=O) groups is 2. The Morgan fingerprint density at radius 3 is 2.14 bits per heavy atom. The Bertz CT molecular complexity index is 1400. The van der Waals surface area contributed by atoms with Crippen molar-refractivity contribution >= 4 is 27.5 Å². The van der Waals surface area contributed by atoms with Gasteiger partial charge in [0, 0.05) is 13.1 Å². The van der Waals surface area contributed by atoms with E-state index < -0.39 is 34.3 Å². The van der Waals surface area contributed by atoms with Gasteiger partial charge in [0.05, 0.1) is 17.2 Å². The molecule has 3 aromatic rings. The van der Waals surface area contributed by atoms with Crippen LogP contribution in [0.3, 0.4) is 0 Å². The number of hydrogen-bond donors (Lipinski definition) is 1. The predicted molar refractivity (Wildman–Crippen MR) is 162 cm³/mol. The minimum absolute atomic E-state index is 0.164. The number of amides is 2. The molecule has 0 saturated carbocycles. The molecule has 0 unspecified atom stereocenters. The van der Waals surface area contributed by atoms with E-state index in [0.717, 1.165) is 34.1 Å². The van der Waals surface area contributed by atoms with Crippen molar-refractivity contribution < 1.29 is 27.1 Å². The number of rotatable bonds is 15. The first-order valence-corrected chi connectivity index (χ1v) is 15.6. The van der Waals surface area contributed by atoms with Crippen molar-refractivity contribution in [1.82, 2.24) is 10.2 Å². The van der Waals surface area contributed by atoms with Crippen molar-refractivity contribution in [2.45, 2.75) is 51.5 Å². The third-order valence-corrected chi connectivity index (χ3v) is 8.46. The lowest BCUT2D eigenvalue weighted by Gasteiger charge is -2.33. The number of carbonyl (C=O) groups excluding carboxylic acids is 2. The summed E-state index contributed by atoms with van der Waals surface area (Å²) in [5.74, 6) is -0.637. The Kier molecular flexibility index (Phi) is 11.9. The van der Waals surface area contributed by atoms with Crippen LogP contribution in [0.5, 0.6) is 5.75 Å². The third-order valence-electron chi connectivity index (χ3n) is 6.67. The Labute approximate surface area is 248 Å². The fourth-order valence-corrected chi connectivity index (χ4v) is 5.87. The summed E-state index contributed by atoms with van der Waals surface area (Å²) in [6.45, 7) is 8.16. The van der Waals surface area contributed by atoms with Gasteiger partial charge in [-0.1, -0.05) is 51.1 Å². The molecule has 3 aromatic carbocycles. The van der Waals surface area contributed by atoms with Gasteiger partial charge in [0.2, 0.25) is 11.8 Å². The fourth-order valence-electron chi connectivity index (χ4n) is 4.46. The summed E-state index contributed by atoms with van der Waals surface area (Å²) in [6.07, 6.45) is 0.826. The lowest BCUT2D eigenvalue weighted by atomic mass is 10.1. The molecule has 0 aliphatic carbocycles. The number of sulfonamides is 1. The Hall–Kier alpha value is -3.92. The zero-order valence-electron chi connectivity index (χ0n) is 24.6. The van der Waals surface area contributed by atoms with Crippen molar-refractivity contribution in [2.24, 2.45) is 5.92 Å². The van der Waals surface area contributed by atoms with Crippen molar-refractivity contribution in [3.8, 4) is 5.75 Å². The zero-order valence-corrected chi connectivity index (χ0v) is 25.4. The second-order valence-corrected chi connectivity index (χ2v) is 12.1. The number of ether oxygens (including phenoxy) is 1. The molecular weight excluding hydrogens is 557 g/mol. The van der Waals surface area contributed by atoms with Gasteiger partial charge in [-0.3, -0.25) is 13.9 Å². The zero-order chi connectivity index (χ0) is 30.7. The minimum atomic E-state index is -4.29. The average molecular weight is 598 g/mol. The summed E-state index contributed by atoms with van der Waals surface area (Å²) >= 11 is 0. The molecule has 0 bridgehead atoms. The molecule has 3 rings (SSSR count). The van der Waals surface area contributed by atoms with Crippen LogP contribution in [0.1, 0.15) is 39.7 Å². The monoisotopic (exact) mass is 597 g/mol. The summed E-state index contributed by atoms with van der Waals surface area (Å²) in [4.78, 5) is 28.6. The number of nitrogens with zero attached hydrogens (tertiary/aromatic N) is 2. The number of hydrogen-bond acceptors (Lipinski definition) is 5. The highest BCUT2D eigenvalue weighted by Crippen LogP contribution is 2.27. The van der Waals surface area contributed by atoms with Crippen LogP contribution in [0.2, 0.25) is 0 Å². The van der Waals surface area contributed by atoms with Gasteiger partial charge in [-0.25, -0.2) is 12.8 Å². The van der Waals surface area contributed by atoms with Gasteiger partial charge in [-0.15, -0.1) is 0 Å². The lowest BCUT2D eigenvalue weighted by Crippen LogP contribution is -2.53. The molecule has 0 aliphatic heterocycles. The van der Waals surface area contributed by atoms with Crippen LogP contribution < -0.4 is 14.4 Å². The molecule has 226 valence electrons. The molecule has 0 saturated heterocycles. The van der Waals surface area contributed by atoms with Crippen molar-refractivity contribution in [3.63, 3.8) is 0 Å². The first-order valence-electron chi connectivity index (χ1n) is 14.2. The van der Waals surface area contributed by atoms with Crippen LogP contribution in [0.4, 0.5) is 10.1 Å². The van der Waals surface area contributed by atoms with E-state index in [4.69, 9.17) is 4.74 Å². The van der Waals surface area contributed by atoms with E-state index in [9.17, 15) is 22.4 Å². The van der Waals surface area contributed by atoms with Crippen LogP contribution in [-0.2, 0) is 26.0 Å². The largest absolute Gasteiger partial charge is 0.494 e. The predicted octanol–water partition coefficient (Wildman–Crippen LogP) is 5.04. The van der Waals surface area contributed by atoms with Crippen LogP contribution in [-0.4, -0.2) is 57.4 Å². The second kappa shape index (κ2) is 15.3. The number of nitrogens with one attached hydrogen (secondary N) is 1. The quantitative estimate of drug-likeness (QED) is 0.265. The summed E-state index contributed by atoms with van der Waals surface area (Å²) in [7, 11) is -4.29. The summed E-state index contributed by atoms with van der Waals surface area (Å²) in [6, 6.07) is 19.6. The SMILES string of the molecule is CCOc1ccc(N(CC(=O)N(CCc2ccccc2)[C@@H](CC)C(=O)NCC(C)C)S(=O)(=O)c2ccc(F)cc2)cc1. The van der Waals surface area contributed by atoms with E-state index in [-0.39, 0.29) is 29.0 Å². The first-order chi connectivity index (χ1) is 20.1. The van der Waals surface area contributed by atoms with Crippen LogP contribution in [0.25, 0.3) is 0 Å². The number of anilines is 1. The molecule has 2 amide bonds. The van der Waals surface area contributed by atoms with Crippen molar-refractivity contribution in [2.75, 3.05) is 30.5 Å². The van der Waals surface area contributed by atoms with E-state index in [1.54, 1.807) is 24.3 Å². The Morgan fingerprint density at radius 1 is 0.929 bits per heavy atom. The molecule has 0 radical (unpaired) electrons. The molecule has 0 fully saturated rings. The van der Waals surface area contributed by atoms with Crippen molar-refractivity contribution in [3.05, 3.63) is 90.2 Å². The van der Waals surface area contributed by atoms with E-state index in [2.05, 4.69) is 5.32 Å². The van der Waals surface area contributed by atoms with E-state index in [1.165, 1.54) is 4.90 Å². The van der Waals surface area contributed by atoms with Gasteiger partial charge in [0.1, 0.15) is 24.2 Å². The molecule has 10 heteroatoms. The van der Waals surface area contributed by atoms with Crippen molar-refractivity contribution in [1.29, 1.82) is 0 Å². The average Bonchev–Trinajstić information content (AvgIpc) is 2.98. The maximum atomic E-state index is 14.0. The summed E-state index contributed by atoms with van der Waals surface area (Å²) < 4.78 is 47.9. The topological polar surface area (TPSA) is 96.0 Å².